The zero-order valence-corrected chi connectivity index (χ0v) is 13.2. The van der Waals surface area contributed by atoms with Crippen molar-refractivity contribution < 1.29 is 22.1 Å². The maximum atomic E-state index is 5.74. The Morgan fingerprint density at radius 2 is 1.19 bits per heavy atom. The fraction of sp³-hybridized carbons (Fsp3) is 1.00. The topological polar surface area (TPSA) is 46.2 Å². The lowest BCUT2D eigenvalue weighted by atomic mass is 10.9. The van der Waals surface area contributed by atoms with Gasteiger partial charge in [-0.05, 0) is 20.4 Å². The standard InChI is InChI=1S/C9H24O5Si2/c1-7-13-15(6,14-8-2)9-16(10-3,11-4)12-5/h7-9H2,1-6H3. The third-order valence-corrected chi connectivity index (χ3v) is 10.3. The van der Waals surface area contributed by atoms with Crippen LogP contribution in [0.25, 0.3) is 0 Å². The average molecular weight is 268 g/mol. The molecule has 0 aromatic rings. The highest BCUT2D eigenvalue weighted by Gasteiger charge is 2.49. The lowest BCUT2D eigenvalue weighted by molar-refractivity contribution is 0.119. The summed E-state index contributed by atoms with van der Waals surface area (Å²) < 4.78 is 27.7. The van der Waals surface area contributed by atoms with Crippen molar-refractivity contribution in [2.45, 2.75) is 26.1 Å². The van der Waals surface area contributed by atoms with Gasteiger partial charge in [-0.15, -0.1) is 0 Å². The fourth-order valence-corrected chi connectivity index (χ4v) is 9.11. The van der Waals surface area contributed by atoms with Crippen LogP contribution in [0, 0.1) is 0 Å². The summed E-state index contributed by atoms with van der Waals surface area (Å²) in [4.78, 5) is 0. The van der Waals surface area contributed by atoms with Gasteiger partial charge in [0.1, 0.15) is 0 Å². The third kappa shape index (κ3) is 4.62. The SMILES string of the molecule is CCO[Si](C)(C[Si](OC)(OC)OC)OCC. The monoisotopic (exact) mass is 268 g/mol. The van der Waals surface area contributed by atoms with Crippen LogP contribution in [0.15, 0.2) is 0 Å². The van der Waals surface area contributed by atoms with E-state index in [2.05, 4.69) is 0 Å². The molecule has 0 atom stereocenters. The first-order valence-corrected chi connectivity index (χ1v) is 9.90. The van der Waals surface area contributed by atoms with Crippen LogP contribution in [0.2, 0.25) is 12.2 Å². The summed E-state index contributed by atoms with van der Waals surface area (Å²) >= 11 is 0. The van der Waals surface area contributed by atoms with Crippen LogP contribution < -0.4 is 0 Å². The second-order valence-corrected chi connectivity index (χ2v) is 10.3. The van der Waals surface area contributed by atoms with Crippen LogP contribution in [0.4, 0.5) is 0 Å². The second kappa shape index (κ2) is 7.54. The van der Waals surface area contributed by atoms with Gasteiger partial charge in [0.2, 0.25) is 0 Å². The third-order valence-electron chi connectivity index (χ3n) is 2.37. The molecule has 0 aliphatic carbocycles. The Labute approximate surface area is 101 Å². The van der Waals surface area contributed by atoms with Crippen molar-refractivity contribution in [2.75, 3.05) is 34.5 Å². The van der Waals surface area contributed by atoms with Crippen LogP contribution in [0.5, 0.6) is 0 Å². The Balaban J connectivity index is 4.68. The van der Waals surface area contributed by atoms with Gasteiger partial charge in [0.05, 0.1) is 5.67 Å². The predicted molar refractivity (Wildman–Crippen MR) is 66.5 cm³/mol. The molecular weight excluding hydrogens is 244 g/mol. The minimum absolute atomic E-state index is 0.602. The first-order chi connectivity index (χ1) is 7.51. The molecule has 16 heavy (non-hydrogen) atoms. The van der Waals surface area contributed by atoms with Gasteiger partial charge in [-0.3, -0.25) is 0 Å². The Kier molecular flexibility index (Phi) is 7.65. The molecule has 0 unspecified atom stereocenters. The Bertz CT molecular complexity index is 172. The van der Waals surface area contributed by atoms with E-state index in [0.717, 1.165) is 0 Å². The molecule has 0 saturated carbocycles. The Hall–Kier alpha value is 0.234. The molecule has 0 aromatic carbocycles. The molecule has 0 amide bonds. The highest BCUT2D eigenvalue weighted by Crippen LogP contribution is 2.23. The van der Waals surface area contributed by atoms with E-state index < -0.39 is 17.4 Å². The van der Waals surface area contributed by atoms with Crippen LogP contribution in [-0.4, -0.2) is 51.9 Å². The van der Waals surface area contributed by atoms with Crippen molar-refractivity contribution in [1.82, 2.24) is 0 Å². The average Bonchev–Trinajstić information content (AvgIpc) is 2.27. The van der Waals surface area contributed by atoms with Gasteiger partial charge < -0.3 is 22.1 Å². The second-order valence-electron chi connectivity index (χ2n) is 3.47. The summed E-state index contributed by atoms with van der Waals surface area (Å²) in [5.74, 6) is 0. The molecule has 98 valence electrons. The van der Waals surface area contributed by atoms with Crippen molar-refractivity contribution in [3.05, 3.63) is 0 Å². The van der Waals surface area contributed by atoms with Gasteiger partial charge in [-0.25, -0.2) is 0 Å². The van der Waals surface area contributed by atoms with E-state index in [1.807, 2.05) is 20.4 Å². The summed E-state index contributed by atoms with van der Waals surface area (Å²) in [6.07, 6.45) is 0. The number of hydrogen-bond donors (Lipinski definition) is 0. The van der Waals surface area contributed by atoms with Crippen molar-refractivity contribution >= 4 is 17.4 Å². The molecular formula is C9H24O5Si2. The fourth-order valence-electron chi connectivity index (χ4n) is 1.61. The van der Waals surface area contributed by atoms with E-state index in [-0.39, 0.29) is 0 Å². The van der Waals surface area contributed by atoms with Gasteiger partial charge in [0, 0.05) is 34.5 Å². The molecule has 0 aromatic heterocycles. The van der Waals surface area contributed by atoms with Crippen molar-refractivity contribution in [2.24, 2.45) is 0 Å². The molecule has 0 heterocycles. The summed E-state index contributed by atoms with van der Waals surface area (Å²) in [5.41, 5.74) is 0.602. The molecule has 0 aliphatic heterocycles. The Morgan fingerprint density at radius 3 is 1.44 bits per heavy atom. The van der Waals surface area contributed by atoms with E-state index in [1.165, 1.54) is 0 Å². The quantitative estimate of drug-likeness (QED) is 0.594. The largest absolute Gasteiger partial charge is 0.502 e. The van der Waals surface area contributed by atoms with Gasteiger partial charge in [-0.1, -0.05) is 0 Å². The first kappa shape index (κ1) is 16.2. The minimum atomic E-state index is -2.62. The van der Waals surface area contributed by atoms with Crippen LogP contribution in [0.1, 0.15) is 13.8 Å². The number of rotatable bonds is 9. The lowest BCUT2D eigenvalue weighted by Crippen LogP contribution is -2.54. The summed E-state index contributed by atoms with van der Waals surface area (Å²) in [7, 11) is -0.0673. The van der Waals surface area contributed by atoms with Gasteiger partial charge in [-0.2, -0.15) is 0 Å². The molecule has 0 spiro atoms. The van der Waals surface area contributed by atoms with E-state index in [9.17, 15) is 0 Å². The zero-order chi connectivity index (χ0) is 12.7. The summed E-state index contributed by atoms with van der Waals surface area (Å²) in [6.45, 7) is 7.19. The maximum Gasteiger partial charge on any atom is 0.502 e. The Morgan fingerprint density at radius 1 is 0.812 bits per heavy atom. The smallest absolute Gasteiger partial charge is 0.395 e. The maximum absolute atomic E-state index is 5.74. The first-order valence-electron chi connectivity index (χ1n) is 5.44. The van der Waals surface area contributed by atoms with E-state index in [1.54, 1.807) is 21.3 Å². The summed E-state index contributed by atoms with van der Waals surface area (Å²) in [5, 5.41) is 0. The molecule has 5 nitrogen and oxygen atoms in total. The molecule has 0 aliphatic rings. The summed E-state index contributed by atoms with van der Waals surface area (Å²) in [6, 6.07) is 0. The lowest BCUT2D eigenvalue weighted by Gasteiger charge is -2.32. The van der Waals surface area contributed by atoms with Crippen LogP contribution >= 0.6 is 0 Å². The zero-order valence-electron chi connectivity index (χ0n) is 11.2. The molecule has 0 radical (unpaired) electrons. The van der Waals surface area contributed by atoms with E-state index in [0.29, 0.717) is 18.9 Å². The molecule has 0 rings (SSSR count). The van der Waals surface area contributed by atoms with Crippen LogP contribution in [-0.2, 0) is 22.1 Å². The number of hydrogen-bond acceptors (Lipinski definition) is 5. The van der Waals surface area contributed by atoms with Gasteiger partial charge >= 0.3 is 17.4 Å². The molecule has 0 saturated heterocycles. The molecule has 0 fully saturated rings. The predicted octanol–water partition coefficient (Wildman–Crippen LogP) is 1.55. The van der Waals surface area contributed by atoms with Crippen molar-refractivity contribution in [1.29, 1.82) is 0 Å². The normalized spacial score (nSPS) is 13.1. The molecule has 0 bridgehead atoms. The highest BCUT2D eigenvalue weighted by atomic mass is 28.4. The van der Waals surface area contributed by atoms with E-state index in [4.69, 9.17) is 22.1 Å². The van der Waals surface area contributed by atoms with Gasteiger partial charge in [0.25, 0.3) is 0 Å². The highest BCUT2D eigenvalue weighted by molar-refractivity contribution is 6.82. The molecule has 0 N–H and O–H groups in total. The van der Waals surface area contributed by atoms with Crippen molar-refractivity contribution in [3.63, 3.8) is 0 Å². The molecule has 7 heteroatoms. The van der Waals surface area contributed by atoms with Crippen molar-refractivity contribution in [3.8, 4) is 0 Å². The minimum Gasteiger partial charge on any atom is -0.395 e. The van der Waals surface area contributed by atoms with Crippen LogP contribution in [0.3, 0.4) is 0 Å². The van der Waals surface area contributed by atoms with Gasteiger partial charge in [0.15, 0.2) is 0 Å². The van der Waals surface area contributed by atoms with E-state index >= 15 is 0 Å².